The highest BCUT2D eigenvalue weighted by Crippen LogP contribution is 2.31. The molecule has 1 heterocycles. The monoisotopic (exact) mass is 390 g/mol. The van der Waals surface area contributed by atoms with Gasteiger partial charge in [0.15, 0.2) is 5.69 Å². The molecule has 1 fully saturated rings. The van der Waals surface area contributed by atoms with Gasteiger partial charge in [-0.2, -0.15) is 0 Å². The zero-order chi connectivity index (χ0) is 19.2. The van der Waals surface area contributed by atoms with Crippen LogP contribution >= 0.6 is 11.6 Å². The summed E-state index contributed by atoms with van der Waals surface area (Å²) in [5.74, 6) is 1.09. The van der Waals surface area contributed by atoms with E-state index in [-0.39, 0.29) is 5.91 Å². The number of hydrogen-bond donors (Lipinski definition) is 1. The maximum absolute atomic E-state index is 12.2. The highest BCUT2D eigenvalue weighted by atomic mass is 35.5. The fraction of sp³-hybridized carbons (Fsp3) is 0.500. The van der Waals surface area contributed by atoms with Gasteiger partial charge in [-0.15, -0.1) is 0 Å². The van der Waals surface area contributed by atoms with Crippen LogP contribution < -0.4 is 5.32 Å². The first-order valence-electron chi connectivity index (χ1n) is 9.34. The van der Waals surface area contributed by atoms with Gasteiger partial charge in [0, 0.05) is 31.2 Å². The van der Waals surface area contributed by atoms with Gasteiger partial charge in [-0.3, -0.25) is 9.69 Å². The lowest BCUT2D eigenvalue weighted by atomic mass is 10.2. The van der Waals surface area contributed by atoms with Gasteiger partial charge in [0.2, 0.25) is 5.89 Å². The van der Waals surface area contributed by atoms with E-state index in [4.69, 9.17) is 16.0 Å². The van der Waals surface area contributed by atoms with Gasteiger partial charge in [-0.1, -0.05) is 29.8 Å². The molecule has 6 nitrogen and oxygen atoms in total. The van der Waals surface area contributed by atoms with Gasteiger partial charge in [0.1, 0.15) is 6.26 Å². The van der Waals surface area contributed by atoms with E-state index in [9.17, 15) is 4.79 Å². The predicted octanol–water partition coefficient (Wildman–Crippen LogP) is 3.03. The van der Waals surface area contributed by atoms with E-state index in [0.29, 0.717) is 24.7 Å². The molecule has 1 N–H and O–H groups in total. The molecule has 1 aromatic carbocycles. The number of nitrogens with one attached hydrogen (secondary N) is 1. The first-order chi connectivity index (χ1) is 13.0. The maximum atomic E-state index is 12.2. The summed E-state index contributed by atoms with van der Waals surface area (Å²) in [5, 5.41) is 3.62. The Bertz CT molecular complexity index is 758. The van der Waals surface area contributed by atoms with Gasteiger partial charge < -0.3 is 14.6 Å². The summed E-state index contributed by atoms with van der Waals surface area (Å²) >= 11 is 6.32. The minimum atomic E-state index is -0.202. The first-order valence-corrected chi connectivity index (χ1v) is 9.72. The second-order valence-electron chi connectivity index (χ2n) is 7.39. The van der Waals surface area contributed by atoms with Crippen molar-refractivity contribution in [1.29, 1.82) is 0 Å². The molecule has 0 unspecified atom stereocenters. The Morgan fingerprint density at radius 3 is 2.78 bits per heavy atom. The molecule has 3 rings (SSSR count). The number of likely N-dealkylation sites (N-methyl/N-ethyl adjacent to an activating group) is 1. The lowest BCUT2D eigenvalue weighted by molar-refractivity contribution is 0.0946. The molecule has 7 heteroatoms. The van der Waals surface area contributed by atoms with Gasteiger partial charge in [0.05, 0.1) is 6.54 Å². The molecule has 0 aliphatic heterocycles. The summed E-state index contributed by atoms with van der Waals surface area (Å²) < 4.78 is 5.56. The van der Waals surface area contributed by atoms with E-state index in [1.54, 1.807) is 0 Å². The number of carbonyl (C=O) groups excluding carboxylic acids is 1. The average Bonchev–Trinajstić information content (AvgIpc) is 3.31. The molecule has 0 spiro atoms. The van der Waals surface area contributed by atoms with Crippen LogP contribution in [0.4, 0.5) is 0 Å². The summed E-state index contributed by atoms with van der Waals surface area (Å²) in [7, 11) is 3.93. The molecule has 0 radical (unpaired) electrons. The van der Waals surface area contributed by atoms with Crippen LogP contribution in [0.3, 0.4) is 0 Å². The van der Waals surface area contributed by atoms with Crippen LogP contribution in [0.25, 0.3) is 0 Å². The highest BCUT2D eigenvalue weighted by molar-refractivity contribution is 6.31. The summed E-state index contributed by atoms with van der Waals surface area (Å²) in [5.41, 5.74) is 1.42. The summed E-state index contributed by atoms with van der Waals surface area (Å²) in [6, 6.07) is 7.89. The number of amides is 1. The van der Waals surface area contributed by atoms with Gasteiger partial charge in [-0.25, -0.2) is 4.98 Å². The van der Waals surface area contributed by atoms with Crippen LogP contribution in [0.1, 0.15) is 34.8 Å². The smallest absolute Gasteiger partial charge is 0.273 e. The third-order valence-corrected chi connectivity index (χ3v) is 4.92. The minimum Gasteiger partial charge on any atom is -0.447 e. The Balaban J connectivity index is 1.59. The quantitative estimate of drug-likeness (QED) is 0.675. The Morgan fingerprint density at radius 2 is 2.07 bits per heavy atom. The van der Waals surface area contributed by atoms with E-state index >= 15 is 0 Å². The van der Waals surface area contributed by atoms with E-state index in [0.717, 1.165) is 36.1 Å². The molecule has 1 aliphatic carbocycles. The second kappa shape index (κ2) is 9.35. The summed E-state index contributed by atoms with van der Waals surface area (Å²) in [6.45, 7) is 3.64. The number of carbonyl (C=O) groups is 1. The van der Waals surface area contributed by atoms with E-state index in [1.165, 1.54) is 19.1 Å². The van der Waals surface area contributed by atoms with Crippen LogP contribution in [0.5, 0.6) is 0 Å². The number of nitrogens with zero attached hydrogens (tertiary/aromatic N) is 3. The molecule has 1 amide bonds. The number of aromatic nitrogens is 1. The van der Waals surface area contributed by atoms with Gasteiger partial charge in [-0.05, 0) is 44.5 Å². The van der Waals surface area contributed by atoms with Crippen LogP contribution in [0.15, 0.2) is 34.9 Å². The Morgan fingerprint density at radius 1 is 1.30 bits per heavy atom. The fourth-order valence-electron chi connectivity index (χ4n) is 2.88. The second-order valence-corrected chi connectivity index (χ2v) is 7.80. The standard InChI is InChI=1S/C20H27ClN4O2/c1-24(2)10-9-22-20(26)18-14-27-19(23-18)13-25(11-15-7-8-15)12-16-5-3-4-6-17(16)21/h3-6,14-15H,7-13H2,1-2H3,(H,22,26). The van der Waals surface area contributed by atoms with Crippen molar-refractivity contribution in [3.05, 3.63) is 52.7 Å². The topological polar surface area (TPSA) is 61.6 Å². The van der Waals surface area contributed by atoms with Crippen LogP contribution in [0, 0.1) is 5.92 Å². The lowest BCUT2D eigenvalue weighted by Gasteiger charge is -2.21. The van der Waals surface area contributed by atoms with E-state index < -0.39 is 0 Å². The van der Waals surface area contributed by atoms with E-state index in [2.05, 4.69) is 15.2 Å². The van der Waals surface area contributed by atoms with Crippen LogP contribution in [0.2, 0.25) is 5.02 Å². The van der Waals surface area contributed by atoms with Crippen molar-refractivity contribution < 1.29 is 9.21 Å². The number of halogens is 1. The maximum Gasteiger partial charge on any atom is 0.273 e. The molecular formula is C20H27ClN4O2. The SMILES string of the molecule is CN(C)CCNC(=O)c1coc(CN(Cc2ccccc2Cl)CC2CC2)n1. The van der Waals surface area contributed by atoms with Gasteiger partial charge >= 0.3 is 0 Å². The van der Waals surface area contributed by atoms with Gasteiger partial charge in [0.25, 0.3) is 5.91 Å². The highest BCUT2D eigenvalue weighted by Gasteiger charge is 2.25. The van der Waals surface area contributed by atoms with Crippen molar-refractivity contribution >= 4 is 17.5 Å². The molecule has 27 heavy (non-hydrogen) atoms. The zero-order valence-corrected chi connectivity index (χ0v) is 16.7. The Hall–Kier alpha value is -1.89. The van der Waals surface area contributed by atoms with Crippen molar-refractivity contribution in [2.75, 3.05) is 33.7 Å². The number of oxazole rings is 1. The van der Waals surface area contributed by atoms with Crippen LogP contribution in [-0.4, -0.2) is 54.4 Å². The average molecular weight is 391 g/mol. The van der Waals surface area contributed by atoms with Crippen LogP contribution in [-0.2, 0) is 13.1 Å². The molecule has 1 aliphatic rings. The molecular weight excluding hydrogens is 364 g/mol. The lowest BCUT2D eigenvalue weighted by Crippen LogP contribution is -2.31. The number of hydrogen-bond acceptors (Lipinski definition) is 5. The summed E-state index contributed by atoms with van der Waals surface area (Å²) in [4.78, 5) is 20.8. The largest absolute Gasteiger partial charge is 0.447 e. The van der Waals surface area contributed by atoms with Crippen molar-refractivity contribution in [3.63, 3.8) is 0 Å². The number of benzene rings is 1. The van der Waals surface area contributed by atoms with E-state index in [1.807, 2.05) is 43.3 Å². The minimum absolute atomic E-state index is 0.202. The fourth-order valence-corrected chi connectivity index (χ4v) is 3.08. The van der Waals surface area contributed by atoms with Crippen molar-refractivity contribution in [2.24, 2.45) is 5.92 Å². The Labute approximate surface area is 165 Å². The molecule has 0 bridgehead atoms. The first kappa shape index (κ1) is 19.9. The molecule has 1 aromatic heterocycles. The molecule has 2 aromatic rings. The third-order valence-electron chi connectivity index (χ3n) is 4.55. The van der Waals surface area contributed by atoms with Crippen molar-refractivity contribution in [2.45, 2.75) is 25.9 Å². The molecule has 146 valence electrons. The molecule has 0 saturated heterocycles. The third kappa shape index (κ3) is 6.34. The Kier molecular flexibility index (Phi) is 6.88. The molecule has 1 saturated carbocycles. The van der Waals surface area contributed by atoms with Crippen molar-refractivity contribution in [3.8, 4) is 0 Å². The zero-order valence-electron chi connectivity index (χ0n) is 15.9. The predicted molar refractivity (Wildman–Crippen MR) is 106 cm³/mol. The summed E-state index contributed by atoms with van der Waals surface area (Å²) in [6.07, 6.45) is 3.97. The normalized spacial score (nSPS) is 14.1. The molecule has 0 atom stereocenters. The van der Waals surface area contributed by atoms with Crippen molar-refractivity contribution in [1.82, 2.24) is 20.1 Å². The number of rotatable bonds is 10.